The van der Waals surface area contributed by atoms with Crippen molar-refractivity contribution in [2.45, 2.75) is 46.1 Å². The number of aromatic amines is 1. The molecular formula is C20H26N4O3S. The third kappa shape index (κ3) is 2.99. The first-order valence-electron chi connectivity index (χ1n) is 9.62. The molecule has 2 aromatic rings. The van der Waals surface area contributed by atoms with E-state index in [0.29, 0.717) is 24.5 Å². The van der Waals surface area contributed by atoms with Gasteiger partial charge in [0.2, 0.25) is 10.0 Å². The number of hydrogen-bond acceptors (Lipinski definition) is 5. The quantitative estimate of drug-likeness (QED) is 0.772. The Kier molecular flexibility index (Phi) is 4.46. The highest BCUT2D eigenvalue weighted by molar-refractivity contribution is 7.89. The highest BCUT2D eigenvalue weighted by atomic mass is 32.2. The Morgan fingerprint density at radius 3 is 2.54 bits per heavy atom. The first-order chi connectivity index (χ1) is 13.1. The normalized spacial score (nSPS) is 27.2. The van der Waals surface area contributed by atoms with Gasteiger partial charge in [-0.3, -0.25) is 9.89 Å². The Morgan fingerprint density at radius 1 is 1.29 bits per heavy atom. The summed E-state index contributed by atoms with van der Waals surface area (Å²) in [6, 6.07) is 8.54. The zero-order valence-electron chi connectivity index (χ0n) is 16.4. The van der Waals surface area contributed by atoms with E-state index in [-0.39, 0.29) is 22.9 Å². The van der Waals surface area contributed by atoms with Gasteiger partial charge in [-0.25, -0.2) is 13.4 Å². The van der Waals surface area contributed by atoms with Crippen LogP contribution in [-0.2, 0) is 14.8 Å². The van der Waals surface area contributed by atoms with Crippen molar-refractivity contribution in [1.82, 2.24) is 19.9 Å². The average Bonchev–Trinajstić information content (AvgIpc) is 3.22. The number of aryl methyl sites for hydroxylation is 1. The molecule has 0 aliphatic heterocycles. The van der Waals surface area contributed by atoms with Gasteiger partial charge in [0.25, 0.3) is 0 Å². The molecule has 7 nitrogen and oxygen atoms in total. The number of nitrogens with zero attached hydrogens (tertiary/aromatic N) is 2. The van der Waals surface area contributed by atoms with E-state index >= 15 is 0 Å². The van der Waals surface area contributed by atoms with E-state index in [2.05, 4.69) is 19.9 Å². The lowest BCUT2D eigenvalue weighted by Crippen LogP contribution is -2.46. The van der Waals surface area contributed by atoms with E-state index in [4.69, 9.17) is 0 Å². The topological polar surface area (TPSA) is 105 Å². The van der Waals surface area contributed by atoms with Gasteiger partial charge >= 0.3 is 0 Å². The van der Waals surface area contributed by atoms with Crippen LogP contribution in [0.25, 0.3) is 0 Å². The summed E-state index contributed by atoms with van der Waals surface area (Å²) in [6.07, 6.45) is 2.04. The number of carbonyl (C=O) groups excluding carboxylic acids is 1. The predicted molar refractivity (Wildman–Crippen MR) is 105 cm³/mol. The fraction of sp³-hybridized carbons (Fsp3) is 0.550. The smallest absolute Gasteiger partial charge is 0.213 e. The molecule has 3 unspecified atom stereocenters. The van der Waals surface area contributed by atoms with Gasteiger partial charge in [-0.05, 0) is 36.7 Å². The number of hydrogen-bond donors (Lipinski definition) is 2. The number of benzene rings is 1. The van der Waals surface area contributed by atoms with Crippen LogP contribution in [0.3, 0.4) is 0 Å². The molecular weight excluding hydrogens is 376 g/mol. The molecule has 2 N–H and O–H groups in total. The number of nitrogens with one attached hydrogen (secondary N) is 2. The van der Waals surface area contributed by atoms with E-state index < -0.39 is 21.5 Å². The number of H-pyrrole nitrogens is 1. The van der Waals surface area contributed by atoms with Crippen molar-refractivity contribution in [1.29, 1.82) is 0 Å². The Labute approximate surface area is 165 Å². The summed E-state index contributed by atoms with van der Waals surface area (Å²) in [5.41, 5.74) is -0.356. The SMILES string of the molecule is Cc1nc(C(NS(=O)(=O)CC23CCC(CC2=O)C3(C)C)c2ccccc2)n[nH]1. The number of sulfonamides is 1. The Bertz CT molecular complexity index is 999. The molecule has 150 valence electrons. The summed E-state index contributed by atoms with van der Waals surface area (Å²) in [5.74, 6) is 1.15. The number of ketones is 1. The third-order valence-corrected chi connectivity index (χ3v) is 8.35. The molecule has 1 heterocycles. The zero-order chi connectivity index (χ0) is 20.2. The predicted octanol–water partition coefficient (Wildman–Crippen LogP) is 2.52. The summed E-state index contributed by atoms with van der Waals surface area (Å²) in [6.45, 7) is 5.85. The van der Waals surface area contributed by atoms with E-state index in [1.807, 2.05) is 44.2 Å². The molecule has 0 spiro atoms. The molecule has 0 saturated heterocycles. The molecule has 28 heavy (non-hydrogen) atoms. The van der Waals surface area contributed by atoms with E-state index in [1.165, 1.54) is 0 Å². The maximum Gasteiger partial charge on any atom is 0.213 e. The molecule has 0 amide bonds. The molecule has 1 aromatic carbocycles. The second-order valence-corrected chi connectivity index (χ2v) is 10.4. The number of fused-ring (bicyclic) bond motifs is 2. The highest BCUT2D eigenvalue weighted by Crippen LogP contribution is 2.64. The summed E-state index contributed by atoms with van der Waals surface area (Å²) in [7, 11) is -3.76. The third-order valence-electron chi connectivity index (χ3n) is 6.88. The second-order valence-electron chi connectivity index (χ2n) is 8.67. The second kappa shape index (κ2) is 6.49. The van der Waals surface area contributed by atoms with Crippen molar-refractivity contribution in [2.24, 2.45) is 16.7 Å². The van der Waals surface area contributed by atoms with E-state index in [0.717, 1.165) is 12.0 Å². The molecule has 2 fully saturated rings. The van der Waals surface area contributed by atoms with Gasteiger partial charge < -0.3 is 0 Å². The Hall–Kier alpha value is -2.06. The van der Waals surface area contributed by atoms with Gasteiger partial charge in [0.15, 0.2) is 5.82 Å². The summed E-state index contributed by atoms with van der Waals surface area (Å²) in [5, 5.41) is 6.94. The summed E-state index contributed by atoms with van der Waals surface area (Å²) < 4.78 is 29.3. The standard InChI is InChI=1S/C20H26N4O3S/c1-13-21-18(23-22-13)17(14-7-5-4-6-8-14)24-28(26,27)12-20-10-9-15(11-16(20)25)19(20,2)3/h4-8,15,17,24H,9-12H2,1-3H3,(H,21,22,23). The van der Waals surface area contributed by atoms with Crippen molar-refractivity contribution in [3.05, 3.63) is 47.5 Å². The minimum atomic E-state index is -3.76. The number of aromatic nitrogens is 3. The minimum Gasteiger partial charge on any atom is -0.299 e. The van der Waals surface area contributed by atoms with Gasteiger partial charge in [-0.2, -0.15) is 9.82 Å². The lowest BCUT2D eigenvalue weighted by atomic mass is 9.70. The lowest BCUT2D eigenvalue weighted by Gasteiger charge is -2.36. The molecule has 8 heteroatoms. The van der Waals surface area contributed by atoms with Crippen LogP contribution in [0.5, 0.6) is 0 Å². The molecule has 2 aliphatic carbocycles. The zero-order valence-corrected chi connectivity index (χ0v) is 17.2. The van der Waals surface area contributed by atoms with Crippen molar-refractivity contribution < 1.29 is 13.2 Å². The van der Waals surface area contributed by atoms with Crippen LogP contribution in [-0.4, -0.2) is 35.1 Å². The first-order valence-corrected chi connectivity index (χ1v) is 11.3. The maximum absolute atomic E-state index is 13.2. The summed E-state index contributed by atoms with van der Waals surface area (Å²) in [4.78, 5) is 17.1. The average molecular weight is 403 g/mol. The van der Waals surface area contributed by atoms with Crippen LogP contribution in [0.15, 0.2) is 30.3 Å². The Balaban J connectivity index is 1.66. The maximum atomic E-state index is 13.2. The van der Waals surface area contributed by atoms with E-state index in [1.54, 1.807) is 6.92 Å². The first kappa shape index (κ1) is 19.3. The van der Waals surface area contributed by atoms with E-state index in [9.17, 15) is 13.2 Å². The molecule has 1 aromatic heterocycles. The summed E-state index contributed by atoms with van der Waals surface area (Å²) >= 11 is 0. The van der Waals surface area contributed by atoms with Crippen LogP contribution < -0.4 is 4.72 Å². The van der Waals surface area contributed by atoms with Crippen LogP contribution in [0.1, 0.15) is 56.4 Å². The van der Waals surface area contributed by atoms with Crippen molar-refractivity contribution >= 4 is 15.8 Å². The van der Waals surface area contributed by atoms with Gasteiger partial charge in [0.1, 0.15) is 17.6 Å². The minimum absolute atomic E-state index is 0.0872. The van der Waals surface area contributed by atoms with Gasteiger partial charge in [0.05, 0.1) is 5.75 Å². The van der Waals surface area contributed by atoms with Gasteiger partial charge in [-0.15, -0.1) is 0 Å². The molecule has 3 atom stereocenters. The molecule has 2 aliphatic rings. The van der Waals surface area contributed by atoms with Crippen molar-refractivity contribution in [3.8, 4) is 0 Å². The van der Waals surface area contributed by atoms with Crippen molar-refractivity contribution in [2.75, 3.05) is 5.75 Å². The fourth-order valence-corrected chi connectivity index (χ4v) is 7.07. The van der Waals surface area contributed by atoms with Gasteiger partial charge in [-0.1, -0.05) is 44.2 Å². The van der Waals surface area contributed by atoms with Crippen LogP contribution >= 0.6 is 0 Å². The Morgan fingerprint density at radius 2 is 2.00 bits per heavy atom. The van der Waals surface area contributed by atoms with Gasteiger partial charge in [0, 0.05) is 11.8 Å². The van der Waals surface area contributed by atoms with Crippen LogP contribution in [0, 0.1) is 23.7 Å². The van der Waals surface area contributed by atoms with Crippen molar-refractivity contribution in [3.63, 3.8) is 0 Å². The number of carbonyl (C=O) groups is 1. The van der Waals surface area contributed by atoms with Crippen LogP contribution in [0.4, 0.5) is 0 Å². The molecule has 2 saturated carbocycles. The fourth-order valence-electron chi connectivity index (χ4n) is 5.06. The number of Topliss-reactive ketones (excluding diaryl/α,β-unsaturated/α-hetero) is 1. The van der Waals surface area contributed by atoms with Crippen LogP contribution in [0.2, 0.25) is 0 Å². The molecule has 2 bridgehead atoms. The lowest BCUT2D eigenvalue weighted by molar-refractivity contribution is -0.128. The largest absolute Gasteiger partial charge is 0.299 e. The molecule has 4 rings (SSSR count). The highest BCUT2D eigenvalue weighted by Gasteiger charge is 2.65. The molecule has 0 radical (unpaired) electrons. The monoisotopic (exact) mass is 402 g/mol. The number of rotatable bonds is 6.